The van der Waals surface area contributed by atoms with E-state index in [0.717, 1.165) is 23.9 Å². The van der Waals surface area contributed by atoms with Crippen molar-refractivity contribution in [3.8, 4) is 0 Å². The highest BCUT2D eigenvalue weighted by Crippen LogP contribution is 2.31. The van der Waals surface area contributed by atoms with Gasteiger partial charge in [-0.25, -0.2) is 8.42 Å². The van der Waals surface area contributed by atoms with Gasteiger partial charge in [0.2, 0.25) is 0 Å². The summed E-state index contributed by atoms with van der Waals surface area (Å²) in [6, 6.07) is 3.78. The second-order valence-corrected chi connectivity index (χ2v) is 6.32. The number of ketones is 1. The van der Waals surface area contributed by atoms with Crippen LogP contribution in [0.3, 0.4) is 0 Å². The Morgan fingerprint density at radius 1 is 1.56 bits per heavy atom. The third-order valence-electron chi connectivity index (χ3n) is 2.75. The molecule has 2 rings (SSSR count). The van der Waals surface area contributed by atoms with Crippen LogP contribution in [0.1, 0.15) is 23.6 Å². The maximum Gasteiger partial charge on any atom is 0.156 e. The molecule has 16 heavy (non-hydrogen) atoms. The zero-order valence-electron chi connectivity index (χ0n) is 9.01. The molecule has 4 nitrogen and oxygen atoms in total. The molecule has 1 unspecified atom stereocenters. The van der Waals surface area contributed by atoms with Crippen molar-refractivity contribution in [1.82, 2.24) is 4.98 Å². The summed E-state index contributed by atoms with van der Waals surface area (Å²) in [6.45, 7) is 0. The van der Waals surface area contributed by atoms with Crippen LogP contribution in [-0.4, -0.2) is 31.2 Å². The summed E-state index contributed by atoms with van der Waals surface area (Å²) in [5.41, 5.74) is 1.82. The molecule has 1 aromatic rings. The lowest BCUT2D eigenvalue weighted by Gasteiger charge is -2.08. The Bertz CT molecular complexity index is 522. The van der Waals surface area contributed by atoms with Gasteiger partial charge >= 0.3 is 0 Å². The highest BCUT2D eigenvalue weighted by atomic mass is 32.2. The molecule has 0 aromatic carbocycles. The number of sulfone groups is 1. The van der Waals surface area contributed by atoms with E-state index in [-0.39, 0.29) is 17.5 Å². The highest BCUT2D eigenvalue weighted by Gasteiger charge is 2.30. The Kier molecular flexibility index (Phi) is 2.80. The van der Waals surface area contributed by atoms with Gasteiger partial charge in [0.15, 0.2) is 15.6 Å². The molecule has 0 bridgehead atoms. The molecule has 0 aliphatic heterocycles. The zero-order chi connectivity index (χ0) is 11.8. The first-order valence-electron chi connectivity index (χ1n) is 5.11. The van der Waals surface area contributed by atoms with Crippen LogP contribution in [0.4, 0.5) is 0 Å². The minimum Gasteiger partial charge on any atom is -0.298 e. The van der Waals surface area contributed by atoms with E-state index in [1.54, 1.807) is 6.20 Å². The zero-order valence-corrected chi connectivity index (χ0v) is 9.83. The summed E-state index contributed by atoms with van der Waals surface area (Å²) in [6.07, 6.45) is 4.22. The van der Waals surface area contributed by atoms with Gasteiger partial charge in [0.25, 0.3) is 0 Å². The topological polar surface area (TPSA) is 64.1 Å². The molecule has 1 heterocycles. The van der Waals surface area contributed by atoms with Crippen molar-refractivity contribution in [2.45, 2.75) is 18.8 Å². The van der Waals surface area contributed by atoms with E-state index in [0.29, 0.717) is 6.42 Å². The van der Waals surface area contributed by atoms with Crippen LogP contribution in [0.25, 0.3) is 0 Å². The first-order chi connectivity index (χ1) is 7.47. The van der Waals surface area contributed by atoms with E-state index < -0.39 is 9.84 Å². The molecule has 1 aliphatic carbocycles. The minimum atomic E-state index is -3.24. The summed E-state index contributed by atoms with van der Waals surface area (Å²) < 4.78 is 22.1. The molecule has 0 radical (unpaired) electrons. The first-order valence-corrected chi connectivity index (χ1v) is 7.17. The number of nitrogens with zero attached hydrogens (tertiary/aromatic N) is 1. The van der Waals surface area contributed by atoms with Crippen LogP contribution >= 0.6 is 0 Å². The average Bonchev–Trinajstić information content (AvgIpc) is 2.58. The Hall–Kier alpha value is -1.23. The van der Waals surface area contributed by atoms with E-state index in [4.69, 9.17) is 0 Å². The molecule has 1 aliphatic rings. The van der Waals surface area contributed by atoms with Gasteiger partial charge in [-0.3, -0.25) is 9.78 Å². The Labute approximate surface area is 94.6 Å². The fourth-order valence-electron chi connectivity index (χ4n) is 2.09. The van der Waals surface area contributed by atoms with Gasteiger partial charge in [-0.1, -0.05) is 6.07 Å². The molecule has 1 aromatic heterocycles. The number of Topliss-reactive ketones (excluding diaryl/α,β-unsaturated/α-hetero) is 1. The SMILES string of the molecule is CS(=O)(=O)CC(=O)C1CCc2cccnc21. The minimum absolute atomic E-state index is 0.236. The van der Waals surface area contributed by atoms with Gasteiger partial charge in [-0.2, -0.15) is 0 Å². The maximum atomic E-state index is 11.8. The molecule has 5 heteroatoms. The lowest BCUT2D eigenvalue weighted by molar-refractivity contribution is -0.118. The van der Waals surface area contributed by atoms with E-state index in [1.807, 2.05) is 12.1 Å². The van der Waals surface area contributed by atoms with Crippen molar-refractivity contribution in [1.29, 1.82) is 0 Å². The van der Waals surface area contributed by atoms with Crippen molar-refractivity contribution < 1.29 is 13.2 Å². The van der Waals surface area contributed by atoms with E-state index >= 15 is 0 Å². The van der Waals surface area contributed by atoms with E-state index in [1.165, 1.54) is 0 Å². The summed E-state index contributed by atoms with van der Waals surface area (Å²) in [5.74, 6) is -0.945. The normalized spacial score (nSPS) is 19.4. The number of aromatic nitrogens is 1. The van der Waals surface area contributed by atoms with E-state index in [9.17, 15) is 13.2 Å². The van der Waals surface area contributed by atoms with Crippen molar-refractivity contribution in [3.05, 3.63) is 29.6 Å². The fourth-order valence-corrected chi connectivity index (χ4v) is 2.80. The monoisotopic (exact) mass is 239 g/mol. The number of rotatable bonds is 3. The van der Waals surface area contributed by atoms with Crippen molar-refractivity contribution in [2.24, 2.45) is 0 Å². The lowest BCUT2D eigenvalue weighted by Crippen LogP contribution is -2.20. The van der Waals surface area contributed by atoms with Crippen molar-refractivity contribution in [2.75, 3.05) is 12.0 Å². The van der Waals surface area contributed by atoms with Crippen LogP contribution in [0.15, 0.2) is 18.3 Å². The smallest absolute Gasteiger partial charge is 0.156 e. The predicted molar refractivity (Wildman–Crippen MR) is 60.0 cm³/mol. The Morgan fingerprint density at radius 3 is 3.00 bits per heavy atom. The number of hydrogen-bond acceptors (Lipinski definition) is 4. The number of pyridine rings is 1. The molecular weight excluding hydrogens is 226 g/mol. The molecule has 1 atom stereocenters. The molecule has 0 amide bonds. The fraction of sp³-hybridized carbons (Fsp3) is 0.455. The molecule has 0 fully saturated rings. The molecular formula is C11H13NO3S. The van der Waals surface area contributed by atoms with Crippen molar-refractivity contribution >= 4 is 15.6 Å². The third-order valence-corrected chi connectivity index (χ3v) is 3.56. The number of hydrogen-bond donors (Lipinski definition) is 0. The maximum absolute atomic E-state index is 11.8. The standard InChI is InChI=1S/C11H13NO3S/c1-16(14,15)7-10(13)9-5-4-8-3-2-6-12-11(8)9/h2-3,6,9H,4-5,7H2,1H3. The van der Waals surface area contributed by atoms with Gasteiger partial charge in [0.05, 0.1) is 11.6 Å². The molecule has 0 N–H and O–H groups in total. The number of aryl methyl sites for hydroxylation is 1. The van der Waals surface area contributed by atoms with Gasteiger partial charge in [0, 0.05) is 12.5 Å². The van der Waals surface area contributed by atoms with Gasteiger partial charge in [-0.05, 0) is 24.5 Å². The number of carbonyl (C=O) groups excluding carboxylic acids is 1. The first kappa shape index (κ1) is 11.3. The predicted octanol–water partition coefficient (Wildman–Crippen LogP) is 0.725. The van der Waals surface area contributed by atoms with Gasteiger partial charge in [-0.15, -0.1) is 0 Å². The third kappa shape index (κ3) is 2.29. The lowest BCUT2D eigenvalue weighted by atomic mass is 10.0. The summed E-state index contributed by atoms with van der Waals surface area (Å²) in [4.78, 5) is 16.0. The Balaban J connectivity index is 2.23. The van der Waals surface area contributed by atoms with Crippen molar-refractivity contribution in [3.63, 3.8) is 0 Å². The average molecular weight is 239 g/mol. The highest BCUT2D eigenvalue weighted by molar-refractivity contribution is 7.91. The molecule has 0 spiro atoms. The number of carbonyl (C=O) groups is 1. The second kappa shape index (κ2) is 3.97. The number of fused-ring (bicyclic) bond motifs is 1. The van der Waals surface area contributed by atoms with Gasteiger partial charge < -0.3 is 0 Å². The van der Waals surface area contributed by atoms with Crippen LogP contribution in [-0.2, 0) is 21.1 Å². The Morgan fingerprint density at radius 2 is 2.31 bits per heavy atom. The molecule has 0 saturated heterocycles. The van der Waals surface area contributed by atoms with Crippen LogP contribution in [0.2, 0.25) is 0 Å². The summed E-state index contributed by atoms with van der Waals surface area (Å²) in [7, 11) is -3.24. The largest absolute Gasteiger partial charge is 0.298 e. The summed E-state index contributed by atoms with van der Waals surface area (Å²) in [5, 5.41) is 0. The van der Waals surface area contributed by atoms with Crippen LogP contribution < -0.4 is 0 Å². The quantitative estimate of drug-likeness (QED) is 0.780. The summed E-state index contributed by atoms with van der Waals surface area (Å²) >= 11 is 0. The second-order valence-electron chi connectivity index (χ2n) is 4.18. The van der Waals surface area contributed by atoms with Gasteiger partial charge in [0.1, 0.15) is 5.75 Å². The van der Waals surface area contributed by atoms with E-state index in [2.05, 4.69) is 4.98 Å². The molecule has 0 saturated carbocycles. The molecule has 86 valence electrons. The van der Waals surface area contributed by atoms with Crippen LogP contribution in [0, 0.1) is 0 Å². The van der Waals surface area contributed by atoms with Crippen LogP contribution in [0.5, 0.6) is 0 Å².